The zero-order chi connectivity index (χ0) is 24.8. The van der Waals surface area contributed by atoms with Gasteiger partial charge in [-0.25, -0.2) is 8.42 Å². The topological polar surface area (TPSA) is 86.8 Å². The van der Waals surface area contributed by atoms with Gasteiger partial charge in [-0.1, -0.05) is 54.4 Å². The van der Waals surface area contributed by atoms with Crippen LogP contribution in [0.3, 0.4) is 0 Å². The zero-order valence-corrected chi connectivity index (χ0v) is 21.5. The highest BCUT2D eigenvalue weighted by Crippen LogP contribution is 2.25. The first-order valence-electron chi connectivity index (χ1n) is 10.5. The van der Waals surface area contributed by atoms with Crippen molar-refractivity contribution < 1.29 is 18.0 Å². The number of nitrogens with one attached hydrogen (secondary N) is 1. The summed E-state index contributed by atoms with van der Waals surface area (Å²) in [6.07, 6.45) is 1.40. The molecule has 180 valence electrons. The molecule has 0 aliphatic carbocycles. The van der Waals surface area contributed by atoms with Gasteiger partial charge in [0.2, 0.25) is 21.8 Å². The highest BCUT2D eigenvalue weighted by atomic mass is 35.5. The number of hydrogen-bond acceptors (Lipinski definition) is 4. The van der Waals surface area contributed by atoms with E-state index >= 15 is 0 Å². The Morgan fingerprint density at radius 3 is 2.27 bits per heavy atom. The van der Waals surface area contributed by atoms with Gasteiger partial charge >= 0.3 is 0 Å². The lowest BCUT2D eigenvalue weighted by atomic mass is 10.1. The van der Waals surface area contributed by atoms with Crippen LogP contribution in [0.5, 0.6) is 0 Å². The van der Waals surface area contributed by atoms with Crippen LogP contribution in [0, 0.1) is 6.92 Å². The van der Waals surface area contributed by atoms with Crippen LogP contribution in [0.25, 0.3) is 0 Å². The average Bonchev–Trinajstić information content (AvgIpc) is 2.74. The number of carbonyl (C=O) groups is 2. The van der Waals surface area contributed by atoms with E-state index in [-0.39, 0.29) is 12.5 Å². The first-order chi connectivity index (χ1) is 15.5. The second-order valence-corrected chi connectivity index (χ2v) is 10.4. The van der Waals surface area contributed by atoms with Gasteiger partial charge in [-0.05, 0) is 49.6 Å². The summed E-state index contributed by atoms with van der Waals surface area (Å²) in [6.45, 7) is 5.39. The number of aryl methyl sites for hydroxylation is 1. The molecule has 1 N–H and O–H groups in total. The molecule has 2 rings (SSSR count). The minimum absolute atomic E-state index is 0.0662. The molecule has 0 heterocycles. The van der Waals surface area contributed by atoms with E-state index in [1.54, 1.807) is 63.2 Å². The number of nitrogens with zero attached hydrogens (tertiary/aromatic N) is 2. The molecule has 0 saturated heterocycles. The van der Waals surface area contributed by atoms with Gasteiger partial charge in [-0.2, -0.15) is 0 Å². The molecule has 1 atom stereocenters. The Balaban J connectivity index is 2.47. The van der Waals surface area contributed by atoms with Crippen LogP contribution in [0.2, 0.25) is 10.0 Å². The minimum atomic E-state index is -3.77. The van der Waals surface area contributed by atoms with Gasteiger partial charge in [0.05, 0.1) is 22.0 Å². The van der Waals surface area contributed by atoms with Crippen LogP contribution in [0.4, 0.5) is 5.69 Å². The number of anilines is 1. The molecule has 0 aliphatic heterocycles. The second-order valence-electron chi connectivity index (χ2n) is 7.64. The van der Waals surface area contributed by atoms with E-state index in [4.69, 9.17) is 23.2 Å². The Kier molecular flexibility index (Phi) is 9.57. The summed E-state index contributed by atoms with van der Waals surface area (Å²) in [6, 6.07) is 11.1. The molecule has 10 heteroatoms. The van der Waals surface area contributed by atoms with Gasteiger partial charge in [0.15, 0.2) is 0 Å². The predicted octanol–water partition coefficient (Wildman–Crippen LogP) is 4.01. The van der Waals surface area contributed by atoms with Crippen molar-refractivity contribution in [2.45, 2.75) is 39.8 Å². The van der Waals surface area contributed by atoms with E-state index in [0.29, 0.717) is 39.8 Å². The molecule has 0 radical (unpaired) electrons. The van der Waals surface area contributed by atoms with Crippen molar-refractivity contribution in [1.29, 1.82) is 0 Å². The summed E-state index contributed by atoms with van der Waals surface area (Å²) in [4.78, 5) is 27.7. The minimum Gasteiger partial charge on any atom is -0.355 e. The van der Waals surface area contributed by atoms with Gasteiger partial charge < -0.3 is 10.2 Å². The van der Waals surface area contributed by atoms with Gasteiger partial charge in [-0.3, -0.25) is 13.9 Å². The fraction of sp³-hybridized carbons (Fsp3) is 0.391. The molecule has 0 aromatic heterocycles. The fourth-order valence-corrected chi connectivity index (χ4v) is 4.71. The summed E-state index contributed by atoms with van der Waals surface area (Å²) in [5.74, 6) is -0.817. The standard InChI is InChI=1S/C23H29Cl2N3O4S/c1-5-20(23(30)26-6-2)27(14-17-11-12-18(24)19(25)13-17)22(29)15-28(33(4,31)32)21-10-8-7-9-16(21)3/h7-13,20H,5-6,14-15H2,1-4H3,(H,26,30)/t20-/m1/s1. The lowest BCUT2D eigenvalue weighted by molar-refractivity contribution is -0.140. The normalized spacial score (nSPS) is 12.2. The average molecular weight is 514 g/mol. The Morgan fingerprint density at radius 2 is 1.73 bits per heavy atom. The van der Waals surface area contributed by atoms with Crippen LogP contribution >= 0.6 is 23.2 Å². The maximum absolute atomic E-state index is 13.5. The van der Waals surface area contributed by atoms with E-state index in [1.165, 1.54) is 4.90 Å². The highest BCUT2D eigenvalue weighted by Gasteiger charge is 2.31. The predicted molar refractivity (Wildman–Crippen MR) is 133 cm³/mol. The van der Waals surface area contributed by atoms with Gasteiger partial charge in [0.1, 0.15) is 12.6 Å². The van der Waals surface area contributed by atoms with Crippen molar-refractivity contribution >= 4 is 50.7 Å². The van der Waals surface area contributed by atoms with Crippen LogP contribution < -0.4 is 9.62 Å². The van der Waals surface area contributed by atoms with Crippen LogP contribution in [-0.2, 0) is 26.2 Å². The Labute approximate surface area is 205 Å². The third kappa shape index (κ3) is 7.09. The van der Waals surface area contributed by atoms with E-state index in [1.807, 2.05) is 0 Å². The number of rotatable bonds is 10. The summed E-state index contributed by atoms with van der Waals surface area (Å²) >= 11 is 12.2. The van der Waals surface area contributed by atoms with Crippen molar-refractivity contribution in [2.24, 2.45) is 0 Å². The van der Waals surface area contributed by atoms with Crippen molar-refractivity contribution in [3.63, 3.8) is 0 Å². The van der Waals surface area contributed by atoms with Gasteiger partial charge in [0.25, 0.3) is 0 Å². The van der Waals surface area contributed by atoms with Crippen molar-refractivity contribution in [3.8, 4) is 0 Å². The van der Waals surface area contributed by atoms with Gasteiger partial charge in [0, 0.05) is 13.1 Å². The molecule has 0 spiro atoms. The molecule has 2 amide bonds. The number of halogens is 2. The molecule has 0 saturated carbocycles. The SMILES string of the molecule is CCNC(=O)[C@@H](CC)N(Cc1ccc(Cl)c(Cl)c1)C(=O)CN(c1ccccc1C)S(C)(=O)=O. The molecule has 7 nitrogen and oxygen atoms in total. The molecule has 0 aliphatic rings. The molecular weight excluding hydrogens is 485 g/mol. The second kappa shape index (κ2) is 11.7. The Hall–Kier alpha value is -2.29. The third-order valence-corrected chi connectivity index (χ3v) is 7.00. The number of likely N-dealkylation sites (N-methyl/N-ethyl adjacent to an activating group) is 1. The number of carbonyl (C=O) groups excluding carboxylic acids is 2. The highest BCUT2D eigenvalue weighted by molar-refractivity contribution is 7.92. The Morgan fingerprint density at radius 1 is 1.06 bits per heavy atom. The Bertz CT molecular complexity index is 1110. The molecule has 2 aromatic rings. The van der Waals surface area contributed by atoms with E-state index in [2.05, 4.69) is 5.32 Å². The zero-order valence-electron chi connectivity index (χ0n) is 19.1. The van der Waals surface area contributed by atoms with Gasteiger partial charge in [-0.15, -0.1) is 0 Å². The fourth-order valence-electron chi connectivity index (χ4n) is 3.48. The number of benzene rings is 2. The quantitative estimate of drug-likeness (QED) is 0.519. The van der Waals surface area contributed by atoms with E-state index in [0.717, 1.165) is 10.6 Å². The molecule has 0 unspecified atom stereocenters. The first kappa shape index (κ1) is 27.0. The monoisotopic (exact) mass is 513 g/mol. The number of para-hydroxylation sites is 1. The first-order valence-corrected chi connectivity index (χ1v) is 13.1. The number of amides is 2. The van der Waals surface area contributed by atoms with Crippen LogP contribution in [-0.4, -0.2) is 50.5 Å². The molecule has 33 heavy (non-hydrogen) atoms. The van der Waals surface area contributed by atoms with Crippen molar-refractivity contribution in [1.82, 2.24) is 10.2 Å². The molecule has 0 bridgehead atoms. The van der Waals surface area contributed by atoms with Crippen molar-refractivity contribution in [2.75, 3.05) is 23.7 Å². The smallest absolute Gasteiger partial charge is 0.244 e. The van der Waals surface area contributed by atoms with Crippen molar-refractivity contribution in [3.05, 3.63) is 63.6 Å². The lowest BCUT2D eigenvalue weighted by Gasteiger charge is -2.33. The van der Waals surface area contributed by atoms with E-state index in [9.17, 15) is 18.0 Å². The maximum atomic E-state index is 13.5. The lowest BCUT2D eigenvalue weighted by Crippen LogP contribution is -2.52. The largest absolute Gasteiger partial charge is 0.355 e. The summed E-state index contributed by atoms with van der Waals surface area (Å²) in [5.41, 5.74) is 1.79. The number of hydrogen-bond donors (Lipinski definition) is 1. The maximum Gasteiger partial charge on any atom is 0.244 e. The van der Waals surface area contributed by atoms with Crippen LogP contribution in [0.15, 0.2) is 42.5 Å². The number of sulfonamides is 1. The van der Waals surface area contributed by atoms with E-state index < -0.39 is 28.5 Å². The summed E-state index contributed by atoms with van der Waals surface area (Å²) in [7, 11) is -3.77. The molecule has 0 fully saturated rings. The summed E-state index contributed by atoms with van der Waals surface area (Å²) < 4.78 is 26.3. The van der Waals surface area contributed by atoms with Crippen LogP contribution in [0.1, 0.15) is 31.4 Å². The molecule has 2 aromatic carbocycles. The summed E-state index contributed by atoms with van der Waals surface area (Å²) in [5, 5.41) is 3.45. The molecular formula is C23H29Cl2N3O4S. The third-order valence-electron chi connectivity index (χ3n) is 5.14.